The fourth-order valence-electron chi connectivity index (χ4n) is 3.45. The molecule has 1 saturated heterocycles. The monoisotopic (exact) mass is 372 g/mol. The minimum Gasteiger partial charge on any atom is -0.396 e. The van der Waals surface area contributed by atoms with Crippen molar-refractivity contribution >= 4 is 10.1 Å². The fraction of sp³-hybridized carbons (Fsp3) is 0.667. The molecule has 1 aliphatic carbocycles. The normalized spacial score (nSPS) is 22.4. The summed E-state index contributed by atoms with van der Waals surface area (Å²) in [6.45, 7) is 3.62. The molecule has 1 aromatic rings. The lowest BCUT2D eigenvalue weighted by Gasteiger charge is -2.39. The van der Waals surface area contributed by atoms with E-state index < -0.39 is 10.1 Å². The van der Waals surface area contributed by atoms with Crippen LogP contribution in [0.15, 0.2) is 29.2 Å². The Morgan fingerprint density at radius 2 is 1.80 bits per heavy atom. The summed E-state index contributed by atoms with van der Waals surface area (Å²) < 4.78 is 41.1. The minimum absolute atomic E-state index is 0.0666. The van der Waals surface area contributed by atoms with E-state index in [0.29, 0.717) is 5.92 Å². The Balaban J connectivity index is 0.000000186. The molecule has 1 spiro atoms. The van der Waals surface area contributed by atoms with E-state index in [2.05, 4.69) is 0 Å². The first-order chi connectivity index (χ1) is 11.9. The van der Waals surface area contributed by atoms with Gasteiger partial charge >= 0.3 is 0 Å². The number of aliphatic hydroxyl groups is 1. The predicted molar refractivity (Wildman–Crippen MR) is 93.9 cm³/mol. The highest BCUT2D eigenvalue weighted by atomic mass is 32.2. The van der Waals surface area contributed by atoms with Gasteiger partial charge in [0.15, 0.2) is 5.79 Å². The summed E-state index contributed by atoms with van der Waals surface area (Å²) in [4.78, 5) is -0.0666. The van der Waals surface area contributed by atoms with Gasteiger partial charge in [0.1, 0.15) is 0 Å². The maximum absolute atomic E-state index is 10.5. The summed E-state index contributed by atoms with van der Waals surface area (Å²) in [5.74, 6) is 0.235. The lowest BCUT2D eigenvalue weighted by Crippen LogP contribution is -2.41. The zero-order chi connectivity index (χ0) is 18.3. The average Bonchev–Trinajstić information content (AvgIpc) is 3.03. The molecule has 2 fully saturated rings. The van der Waals surface area contributed by atoms with Gasteiger partial charge in [0.25, 0.3) is 10.1 Å². The Kier molecular flexibility index (Phi) is 7.39. The van der Waals surface area contributed by atoms with Crippen molar-refractivity contribution in [2.75, 3.05) is 19.8 Å². The average molecular weight is 372 g/mol. The van der Waals surface area contributed by atoms with E-state index in [1.165, 1.54) is 31.4 Å². The summed E-state index contributed by atoms with van der Waals surface area (Å²) in [6.07, 6.45) is 6.65. The molecule has 7 heteroatoms. The molecule has 3 rings (SSSR count). The van der Waals surface area contributed by atoms with Crippen molar-refractivity contribution in [2.24, 2.45) is 5.92 Å². The molecule has 0 radical (unpaired) electrons. The van der Waals surface area contributed by atoms with Crippen LogP contribution < -0.4 is 0 Å². The summed E-state index contributed by atoms with van der Waals surface area (Å²) in [5.41, 5.74) is 0.956. The second kappa shape index (κ2) is 9.09. The van der Waals surface area contributed by atoms with Crippen LogP contribution in [-0.4, -0.2) is 43.7 Å². The second-order valence-corrected chi connectivity index (χ2v) is 8.03. The van der Waals surface area contributed by atoms with Gasteiger partial charge in [-0.15, -0.1) is 0 Å². The molecule has 1 aliphatic heterocycles. The molecule has 0 amide bonds. The Labute approximate surface area is 149 Å². The van der Waals surface area contributed by atoms with Crippen LogP contribution in [0, 0.1) is 12.8 Å². The summed E-state index contributed by atoms with van der Waals surface area (Å²) in [6, 6.07) is 5.99. The minimum atomic E-state index is -4.02. The van der Waals surface area contributed by atoms with E-state index in [4.69, 9.17) is 19.1 Å². The van der Waals surface area contributed by atoms with E-state index in [1.54, 1.807) is 12.1 Å². The zero-order valence-corrected chi connectivity index (χ0v) is 15.5. The Hall–Kier alpha value is -0.990. The number of aryl methyl sites for hydroxylation is 1. The molecular formula is C18H28O6S. The van der Waals surface area contributed by atoms with Crippen LogP contribution in [-0.2, 0) is 19.6 Å². The zero-order valence-electron chi connectivity index (χ0n) is 14.7. The summed E-state index contributed by atoms with van der Waals surface area (Å²) in [5, 5.41) is 8.85. The van der Waals surface area contributed by atoms with Crippen molar-refractivity contribution in [1.29, 1.82) is 0 Å². The number of aliphatic hydroxyl groups excluding tert-OH is 1. The van der Waals surface area contributed by atoms with Crippen molar-refractivity contribution in [3.05, 3.63) is 29.8 Å². The van der Waals surface area contributed by atoms with Crippen molar-refractivity contribution < 1.29 is 27.6 Å². The molecule has 1 atom stereocenters. The Morgan fingerprint density at radius 1 is 1.16 bits per heavy atom. The second-order valence-electron chi connectivity index (χ2n) is 6.61. The number of rotatable bonds is 4. The van der Waals surface area contributed by atoms with Gasteiger partial charge in [-0.3, -0.25) is 4.55 Å². The molecule has 1 saturated carbocycles. The molecule has 142 valence electrons. The van der Waals surface area contributed by atoms with Gasteiger partial charge in [0.2, 0.25) is 0 Å². The lowest BCUT2D eigenvalue weighted by atomic mass is 9.80. The number of benzene rings is 1. The maximum atomic E-state index is 10.5. The van der Waals surface area contributed by atoms with E-state index in [1.807, 2.05) is 6.92 Å². The van der Waals surface area contributed by atoms with Gasteiger partial charge in [-0.1, -0.05) is 24.1 Å². The van der Waals surface area contributed by atoms with Crippen molar-refractivity contribution in [2.45, 2.75) is 56.1 Å². The van der Waals surface area contributed by atoms with E-state index in [0.717, 1.165) is 38.0 Å². The fourth-order valence-corrected chi connectivity index (χ4v) is 3.93. The van der Waals surface area contributed by atoms with Gasteiger partial charge < -0.3 is 14.6 Å². The van der Waals surface area contributed by atoms with Crippen molar-refractivity contribution in [3.8, 4) is 0 Å². The topological polar surface area (TPSA) is 93.1 Å². The van der Waals surface area contributed by atoms with Crippen LogP contribution >= 0.6 is 0 Å². The molecule has 25 heavy (non-hydrogen) atoms. The smallest absolute Gasteiger partial charge is 0.294 e. The first-order valence-corrected chi connectivity index (χ1v) is 10.2. The van der Waals surface area contributed by atoms with Crippen LogP contribution in [0.3, 0.4) is 0 Å². The molecule has 1 unspecified atom stereocenters. The van der Waals surface area contributed by atoms with Crippen LogP contribution in [0.5, 0.6) is 0 Å². The highest BCUT2D eigenvalue weighted by Gasteiger charge is 2.45. The third-order valence-corrected chi connectivity index (χ3v) is 5.62. The highest BCUT2D eigenvalue weighted by molar-refractivity contribution is 7.85. The van der Waals surface area contributed by atoms with Crippen molar-refractivity contribution in [3.63, 3.8) is 0 Å². The summed E-state index contributed by atoms with van der Waals surface area (Å²) >= 11 is 0. The molecule has 1 aromatic carbocycles. The highest BCUT2D eigenvalue weighted by Crippen LogP contribution is 2.42. The Bertz CT molecular complexity index is 619. The first-order valence-electron chi connectivity index (χ1n) is 8.80. The third-order valence-electron chi connectivity index (χ3n) is 4.76. The van der Waals surface area contributed by atoms with Crippen LogP contribution in [0.1, 0.15) is 44.1 Å². The van der Waals surface area contributed by atoms with Crippen LogP contribution in [0.4, 0.5) is 0 Å². The third kappa shape index (κ3) is 5.76. The molecule has 6 nitrogen and oxygen atoms in total. The predicted octanol–water partition coefficient (Wildman–Crippen LogP) is 2.93. The quantitative estimate of drug-likeness (QED) is 0.790. The lowest BCUT2D eigenvalue weighted by molar-refractivity contribution is -0.214. The van der Waals surface area contributed by atoms with E-state index >= 15 is 0 Å². The largest absolute Gasteiger partial charge is 0.396 e. The van der Waals surface area contributed by atoms with Gasteiger partial charge in [-0.05, 0) is 44.7 Å². The Morgan fingerprint density at radius 3 is 2.36 bits per heavy atom. The molecule has 1 heterocycles. The molecule has 0 aromatic heterocycles. The van der Waals surface area contributed by atoms with E-state index in [-0.39, 0.29) is 17.3 Å². The van der Waals surface area contributed by atoms with Gasteiger partial charge in [0.05, 0.1) is 18.1 Å². The first kappa shape index (κ1) is 20.3. The van der Waals surface area contributed by atoms with Crippen molar-refractivity contribution in [1.82, 2.24) is 0 Å². The maximum Gasteiger partial charge on any atom is 0.294 e. The van der Waals surface area contributed by atoms with Crippen LogP contribution in [0.2, 0.25) is 0 Å². The van der Waals surface area contributed by atoms with Gasteiger partial charge in [-0.25, -0.2) is 0 Å². The molecule has 0 bridgehead atoms. The SMILES string of the molecule is Cc1ccc(S(=O)(=O)O)cc1.OCCCC1CCCCC12OCCO2. The summed E-state index contributed by atoms with van der Waals surface area (Å²) in [7, 11) is -4.02. The van der Waals surface area contributed by atoms with E-state index in [9.17, 15) is 8.42 Å². The molecule has 2 N–H and O–H groups in total. The van der Waals surface area contributed by atoms with Gasteiger partial charge in [0, 0.05) is 18.9 Å². The number of ether oxygens (including phenoxy) is 2. The standard InChI is InChI=1S/C11H20O3.C7H8O3S/c12-7-3-5-10-4-1-2-6-11(10)13-8-9-14-11;1-6-2-4-7(5-3-6)11(8,9)10/h10,12H,1-9H2;2-5H,1H3,(H,8,9,10). The molecule has 2 aliphatic rings. The number of hydrogen-bond donors (Lipinski definition) is 2. The molecular weight excluding hydrogens is 344 g/mol. The van der Waals surface area contributed by atoms with Gasteiger partial charge in [-0.2, -0.15) is 8.42 Å². The number of hydrogen-bond acceptors (Lipinski definition) is 5. The van der Waals surface area contributed by atoms with Crippen LogP contribution in [0.25, 0.3) is 0 Å².